The maximum atomic E-state index is 12.3. The number of aromatic nitrogens is 3. The summed E-state index contributed by atoms with van der Waals surface area (Å²) in [5.74, 6) is -0.185. The average molecular weight is 262 g/mol. The first-order valence-electron chi connectivity index (χ1n) is 5.42. The van der Waals surface area contributed by atoms with Crippen molar-refractivity contribution in [3.8, 4) is 0 Å². The highest BCUT2D eigenvalue weighted by Gasteiger charge is 2.34. The van der Waals surface area contributed by atoms with E-state index in [2.05, 4.69) is 10.3 Å². The lowest BCUT2D eigenvalue weighted by Crippen LogP contribution is -2.23. The number of carbonyl (C=O) groups is 2. The number of fused-ring (bicyclic) bond motifs is 2. The molecule has 0 saturated heterocycles. The van der Waals surface area contributed by atoms with Crippen LogP contribution in [-0.4, -0.2) is 32.4 Å². The molecule has 0 radical (unpaired) electrons. The van der Waals surface area contributed by atoms with E-state index in [4.69, 9.17) is 11.6 Å². The number of hydrogen-bond acceptors (Lipinski definition) is 4. The third-order valence-corrected chi connectivity index (χ3v) is 3.05. The van der Waals surface area contributed by atoms with Crippen LogP contribution in [0.5, 0.6) is 0 Å². The Labute approximate surface area is 107 Å². The molecule has 0 atom stereocenters. The lowest BCUT2D eigenvalue weighted by atomic mass is 9.90. The summed E-state index contributed by atoms with van der Waals surface area (Å²) < 4.78 is 1.39. The fourth-order valence-corrected chi connectivity index (χ4v) is 2.22. The van der Waals surface area contributed by atoms with Crippen LogP contribution >= 0.6 is 11.6 Å². The van der Waals surface area contributed by atoms with Gasteiger partial charge in [0.05, 0.1) is 6.54 Å². The van der Waals surface area contributed by atoms with Gasteiger partial charge in [0.25, 0.3) is 0 Å². The molecule has 3 rings (SSSR count). The van der Waals surface area contributed by atoms with Crippen molar-refractivity contribution >= 4 is 23.2 Å². The fraction of sp³-hybridized carbons (Fsp3) is 0.167. The number of benzene rings is 1. The van der Waals surface area contributed by atoms with Crippen molar-refractivity contribution in [3.05, 3.63) is 46.8 Å². The van der Waals surface area contributed by atoms with Crippen molar-refractivity contribution < 1.29 is 9.59 Å². The van der Waals surface area contributed by atoms with Gasteiger partial charge in [-0.1, -0.05) is 29.5 Å². The topological polar surface area (TPSA) is 64.8 Å². The highest BCUT2D eigenvalue weighted by molar-refractivity contribution is 6.27. The molecular formula is C12H8ClN3O2. The van der Waals surface area contributed by atoms with E-state index in [-0.39, 0.29) is 23.0 Å². The quantitative estimate of drug-likeness (QED) is 0.652. The van der Waals surface area contributed by atoms with Crippen LogP contribution < -0.4 is 0 Å². The van der Waals surface area contributed by atoms with Gasteiger partial charge in [0.2, 0.25) is 11.6 Å². The van der Waals surface area contributed by atoms with Crippen molar-refractivity contribution in [1.82, 2.24) is 15.0 Å². The highest BCUT2D eigenvalue weighted by Crippen LogP contribution is 2.25. The highest BCUT2D eigenvalue weighted by atomic mass is 35.5. The molecule has 0 unspecified atom stereocenters. The molecule has 0 N–H and O–H groups in total. The summed E-state index contributed by atoms with van der Waals surface area (Å²) in [6, 6.07) is 6.71. The Bertz CT molecular complexity index is 663. The summed E-state index contributed by atoms with van der Waals surface area (Å²) >= 11 is 5.63. The fourth-order valence-electron chi connectivity index (χ4n) is 2.06. The molecule has 1 heterocycles. The third-order valence-electron chi connectivity index (χ3n) is 2.88. The smallest absolute Gasteiger partial charge is 0.216 e. The molecule has 0 saturated carbocycles. The number of nitrogens with zero attached hydrogens (tertiary/aromatic N) is 3. The molecule has 1 aromatic heterocycles. The Balaban J connectivity index is 2.23. The summed E-state index contributed by atoms with van der Waals surface area (Å²) in [5, 5.41) is 7.60. The molecular weight excluding hydrogens is 254 g/mol. The van der Waals surface area contributed by atoms with E-state index < -0.39 is 0 Å². The van der Waals surface area contributed by atoms with Gasteiger partial charge < -0.3 is 0 Å². The largest absolute Gasteiger partial charge is 0.287 e. The molecule has 18 heavy (non-hydrogen) atoms. The predicted octanol–water partition coefficient (Wildman–Crippen LogP) is 1.29. The molecule has 0 fully saturated rings. The van der Waals surface area contributed by atoms with Gasteiger partial charge in [0.15, 0.2) is 5.69 Å². The van der Waals surface area contributed by atoms with Gasteiger partial charge >= 0.3 is 0 Å². The molecule has 1 aliphatic carbocycles. The Morgan fingerprint density at radius 2 is 1.78 bits per heavy atom. The lowest BCUT2D eigenvalue weighted by molar-refractivity contribution is 0.0971. The van der Waals surface area contributed by atoms with Crippen molar-refractivity contribution in [2.75, 3.05) is 5.88 Å². The minimum absolute atomic E-state index is 0.115. The van der Waals surface area contributed by atoms with E-state index in [1.54, 1.807) is 24.3 Å². The lowest BCUT2D eigenvalue weighted by Gasteiger charge is -2.13. The molecule has 0 bridgehead atoms. The minimum Gasteiger partial charge on any atom is -0.287 e. The first-order chi connectivity index (χ1) is 8.74. The van der Waals surface area contributed by atoms with E-state index in [1.807, 2.05) is 0 Å². The number of halogens is 1. The minimum atomic E-state index is -0.263. The summed E-state index contributed by atoms with van der Waals surface area (Å²) in [6.07, 6.45) is 0. The number of aryl methyl sites for hydroxylation is 1. The second-order valence-corrected chi connectivity index (χ2v) is 4.28. The standard InChI is InChI=1S/C12H8ClN3O2/c13-5-6-16-10-9(14-15-16)11(17)7-3-1-2-4-8(7)12(10)18/h1-4H,5-6H2. The van der Waals surface area contributed by atoms with Crippen LogP contribution in [0.15, 0.2) is 24.3 Å². The maximum Gasteiger partial charge on any atom is 0.216 e. The average Bonchev–Trinajstić information content (AvgIpc) is 2.81. The zero-order chi connectivity index (χ0) is 12.7. The van der Waals surface area contributed by atoms with Crippen molar-refractivity contribution in [2.24, 2.45) is 0 Å². The predicted molar refractivity (Wildman–Crippen MR) is 64.0 cm³/mol. The second kappa shape index (κ2) is 4.03. The number of hydrogen-bond donors (Lipinski definition) is 0. The van der Waals surface area contributed by atoms with Crippen molar-refractivity contribution in [1.29, 1.82) is 0 Å². The van der Waals surface area contributed by atoms with Gasteiger partial charge in [0, 0.05) is 17.0 Å². The third kappa shape index (κ3) is 1.41. The van der Waals surface area contributed by atoms with Gasteiger partial charge in [-0.2, -0.15) is 0 Å². The van der Waals surface area contributed by atoms with Crippen LogP contribution in [-0.2, 0) is 6.54 Å². The van der Waals surface area contributed by atoms with E-state index in [0.29, 0.717) is 23.6 Å². The number of rotatable bonds is 2. The van der Waals surface area contributed by atoms with Crippen LogP contribution in [0.1, 0.15) is 32.1 Å². The Hall–Kier alpha value is -2.01. The van der Waals surface area contributed by atoms with Crippen LogP contribution in [0.3, 0.4) is 0 Å². The van der Waals surface area contributed by atoms with Crippen LogP contribution in [0.2, 0.25) is 0 Å². The summed E-state index contributed by atoms with van der Waals surface area (Å²) in [5.41, 5.74) is 1.13. The molecule has 1 aromatic carbocycles. The summed E-state index contributed by atoms with van der Waals surface area (Å²) in [4.78, 5) is 24.5. The van der Waals surface area contributed by atoms with Crippen LogP contribution in [0, 0.1) is 0 Å². The maximum absolute atomic E-state index is 12.3. The first kappa shape index (κ1) is 11.1. The van der Waals surface area contributed by atoms with Gasteiger partial charge in [-0.3, -0.25) is 9.59 Å². The van der Waals surface area contributed by atoms with Gasteiger partial charge in [-0.25, -0.2) is 4.68 Å². The van der Waals surface area contributed by atoms with E-state index in [0.717, 1.165) is 0 Å². The molecule has 0 amide bonds. The normalized spacial score (nSPS) is 13.4. The summed E-state index contributed by atoms with van der Waals surface area (Å²) in [6.45, 7) is 0.352. The molecule has 90 valence electrons. The van der Waals surface area contributed by atoms with E-state index >= 15 is 0 Å². The monoisotopic (exact) mass is 261 g/mol. The zero-order valence-corrected chi connectivity index (χ0v) is 10.0. The Kier molecular flexibility index (Phi) is 2.48. The first-order valence-corrected chi connectivity index (χ1v) is 5.95. The molecule has 6 heteroatoms. The zero-order valence-electron chi connectivity index (χ0n) is 9.26. The van der Waals surface area contributed by atoms with Crippen LogP contribution in [0.25, 0.3) is 0 Å². The number of alkyl halides is 1. The molecule has 1 aliphatic rings. The van der Waals surface area contributed by atoms with Gasteiger partial charge in [-0.05, 0) is 0 Å². The SMILES string of the molecule is O=C1c2ccccc2C(=O)c2c1nnn2CCCl. The van der Waals surface area contributed by atoms with E-state index in [9.17, 15) is 9.59 Å². The Morgan fingerprint density at radius 1 is 1.11 bits per heavy atom. The van der Waals surface area contributed by atoms with E-state index in [1.165, 1.54) is 4.68 Å². The Morgan fingerprint density at radius 3 is 2.44 bits per heavy atom. The molecule has 2 aromatic rings. The van der Waals surface area contributed by atoms with Crippen molar-refractivity contribution in [2.45, 2.75) is 6.54 Å². The number of carbonyl (C=O) groups excluding carboxylic acids is 2. The number of ketones is 2. The molecule has 0 aliphatic heterocycles. The van der Waals surface area contributed by atoms with Crippen molar-refractivity contribution in [3.63, 3.8) is 0 Å². The van der Waals surface area contributed by atoms with Gasteiger partial charge in [-0.15, -0.1) is 16.7 Å². The molecule has 0 spiro atoms. The molecule has 5 nitrogen and oxygen atoms in total. The van der Waals surface area contributed by atoms with Crippen LogP contribution in [0.4, 0.5) is 0 Å². The second-order valence-electron chi connectivity index (χ2n) is 3.90. The van der Waals surface area contributed by atoms with Gasteiger partial charge in [0.1, 0.15) is 5.69 Å². The summed E-state index contributed by atoms with van der Waals surface area (Å²) in [7, 11) is 0.